The van der Waals surface area contributed by atoms with E-state index in [1.165, 1.54) is 64.6 Å². The second-order valence-electron chi connectivity index (χ2n) is 8.21. The monoisotopic (exact) mass is 266 g/mol. The van der Waals surface area contributed by atoms with Gasteiger partial charge in [-0.25, -0.2) is 0 Å². The fourth-order valence-electron chi connectivity index (χ4n) is 4.06. The molecule has 0 amide bonds. The Hall–Kier alpha value is -0.0800. The lowest BCUT2D eigenvalue weighted by molar-refractivity contribution is 0.143. The van der Waals surface area contributed by atoms with Crippen molar-refractivity contribution in [1.29, 1.82) is 0 Å². The van der Waals surface area contributed by atoms with E-state index in [1.54, 1.807) is 0 Å². The van der Waals surface area contributed by atoms with E-state index in [2.05, 4.69) is 25.7 Å². The van der Waals surface area contributed by atoms with Crippen LogP contribution in [0, 0.1) is 16.7 Å². The number of hydrogen-bond donors (Lipinski definition) is 1. The van der Waals surface area contributed by atoms with Crippen molar-refractivity contribution >= 4 is 0 Å². The van der Waals surface area contributed by atoms with Crippen molar-refractivity contribution in [3.8, 4) is 0 Å². The van der Waals surface area contributed by atoms with Crippen molar-refractivity contribution < 1.29 is 0 Å². The molecular weight excluding hydrogens is 232 g/mol. The maximum Gasteiger partial charge on any atom is 0.00502 e. The van der Waals surface area contributed by atoms with Crippen LogP contribution >= 0.6 is 0 Å². The zero-order valence-electron chi connectivity index (χ0n) is 13.4. The standard InChI is InChI=1S/C17H34N2/c1-16(2,3)15-8-11-19(12-15)14-17(13-18)9-6-4-5-7-10-17/h15H,4-14,18H2,1-3H3. The summed E-state index contributed by atoms with van der Waals surface area (Å²) in [5.41, 5.74) is 7.08. The van der Waals surface area contributed by atoms with Gasteiger partial charge in [-0.3, -0.25) is 0 Å². The van der Waals surface area contributed by atoms with Gasteiger partial charge in [-0.2, -0.15) is 0 Å². The van der Waals surface area contributed by atoms with Crippen molar-refractivity contribution in [2.45, 2.75) is 65.7 Å². The third-order valence-electron chi connectivity index (χ3n) is 5.65. The van der Waals surface area contributed by atoms with E-state index < -0.39 is 0 Å². The lowest BCUT2D eigenvalue weighted by Gasteiger charge is -2.36. The Labute approximate surface area is 120 Å². The van der Waals surface area contributed by atoms with Gasteiger partial charge >= 0.3 is 0 Å². The zero-order valence-corrected chi connectivity index (χ0v) is 13.4. The van der Waals surface area contributed by atoms with Gasteiger partial charge < -0.3 is 10.6 Å². The molecule has 1 aliphatic carbocycles. The van der Waals surface area contributed by atoms with Crippen LogP contribution in [0.25, 0.3) is 0 Å². The molecule has 0 spiro atoms. The molecule has 0 radical (unpaired) electrons. The van der Waals surface area contributed by atoms with Crippen LogP contribution in [0.2, 0.25) is 0 Å². The van der Waals surface area contributed by atoms with Gasteiger partial charge in [0, 0.05) is 13.1 Å². The van der Waals surface area contributed by atoms with Crippen LogP contribution in [0.4, 0.5) is 0 Å². The van der Waals surface area contributed by atoms with Crippen LogP contribution in [-0.2, 0) is 0 Å². The lowest BCUT2D eigenvalue weighted by Crippen LogP contribution is -2.42. The highest BCUT2D eigenvalue weighted by Crippen LogP contribution is 2.38. The van der Waals surface area contributed by atoms with Crippen LogP contribution in [-0.4, -0.2) is 31.1 Å². The summed E-state index contributed by atoms with van der Waals surface area (Å²) in [4.78, 5) is 2.72. The average molecular weight is 266 g/mol. The topological polar surface area (TPSA) is 29.3 Å². The third kappa shape index (κ3) is 3.95. The molecule has 1 atom stereocenters. The van der Waals surface area contributed by atoms with Gasteiger partial charge in [0.25, 0.3) is 0 Å². The van der Waals surface area contributed by atoms with Crippen LogP contribution in [0.15, 0.2) is 0 Å². The summed E-state index contributed by atoms with van der Waals surface area (Å²) < 4.78 is 0. The van der Waals surface area contributed by atoms with Crippen molar-refractivity contribution in [3.05, 3.63) is 0 Å². The predicted octanol–water partition coefficient (Wildman–Crippen LogP) is 3.65. The van der Waals surface area contributed by atoms with Crippen LogP contribution in [0.5, 0.6) is 0 Å². The normalized spacial score (nSPS) is 29.4. The summed E-state index contributed by atoms with van der Waals surface area (Å²) in [7, 11) is 0. The van der Waals surface area contributed by atoms with Gasteiger partial charge in [0.1, 0.15) is 0 Å². The Bertz CT molecular complexity index is 271. The molecule has 0 aromatic heterocycles. The van der Waals surface area contributed by atoms with E-state index >= 15 is 0 Å². The molecule has 19 heavy (non-hydrogen) atoms. The maximum absolute atomic E-state index is 6.18. The van der Waals surface area contributed by atoms with E-state index in [0.29, 0.717) is 10.8 Å². The molecule has 2 N–H and O–H groups in total. The fraction of sp³-hybridized carbons (Fsp3) is 1.00. The van der Waals surface area contributed by atoms with Gasteiger partial charge in [-0.05, 0) is 49.1 Å². The molecule has 2 aliphatic rings. The second kappa shape index (κ2) is 6.13. The van der Waals surface area contributed by atoms with Crippen LogP contribution in [0.3, 0.4) is 0 Å². The Balaban J connectivity index is 1.92. The van der Waals surface area contributed by atoms with Gasteiger partial charge in [0.05, 0.1) is 0 Å². The largest absolute Gasteiger partial charge is 0.330 e. The molecule has 0 aromatic carbocycles. The summed E-state index contributed by atoms with van der Waals surface area (Å²) in [6.07, 6.45) is 9.74. The zero-order chi connectivity index (χ0) is 13.9. The molecule has 2 fully saturated rings. The van der Waals surface area contributed by atoms with Gasteiger partial charge in [0.15, 0.2) is 0 Å². The first-order chi connectivity index (χ1) is 8.95. The molecule has 2 rings (SSSR count). The molecule has 0 aromatic rings. The summed E-state index contributed by atoms with van der Waals surface area (Å²) in [6.45, 7) is 11.9. The van der Waals surface area contributed by atoms with Crippen LogP contribution < -0.4 is 5.73 Å². The third-order valence-corrected chi connectivity index (χ3v) is 5.65. The number of nitrogens with two attached hydrogens (primary N) is 1. The van der Waals surface area contributed by atoms with Gasteiger partial charge in [-0.15, -0.1) is 0 Å². The SMILES string of the molecule is CC(C)(C)C1CCN(CC2(CN)CCCCCC2)C1. The second-order valence-corrected chi connectivity index (χ2v) is 8.21. The highest BCUT2D eigenvalue weighted by atomic mass is 15.2. The molecule has 1 saturated carbocycles. The molecule has 1 heterocycles. The Morgan fingerprint density at radius 3 is 2.21 bits per heavy atom. The first kappa shape index (κ1) is 15.3. The van der Waals surface area contributed by atoms with Gasteiger partial charge in [-0.1, -0.05) is 46.5 Å². The summed E-state index contributed by atoms with van der Waals surface area (Å²) in [5, 5.41) is 0. The smallest absolute Gasteiger partial charge is 0.00502 e. The van der Waals surface area contributed by atoms with Crippen molar-refractivity contribution in [3.63, 3.8) is 0 Å². The van der Waals surface area contributed by atoms with Crippen molar-refractivity contribution in [1.82, 2.24) is 4.90 Å². The van der Waals surface area contributed by atoms with E-state index in [4.69, 9.17) is 5.73 Å². The Morgan fingerprint density at radius 1 is 1.11 bits per heavy atom. The number of hydrogen-bond acceptors (Lipinski definition) is 2. The minimum atomic E-state index is 0.434. The summed E-state index contributed by atoms with van der Waals surface area (Å²) in [5.74, 6) is 0.869. The molecule has 1 saturated heterocycles. The van der Waals surface area contributed by atoms with Crippen LogP contribution in [0.1, 0.15) is 65.7 Å². The number of nitrogens with zero attached hydrogens (tertiary/aromatic N) is 1. The average Bonchev–Trinajstić information content (AvgIpc) is 2.69. The molecule has 2 nitrogen and oxygen atoms in total. The van der Waals surface area contributed by atoms with E-state index in [9.17, 15) is 0 Å². The predicted molar refractivity (Wildman–Crippen MR) is 83.2 cm³/mol. The highest BCUT2D eigenvalue weighted by Gasteiger charge is 2.37. The minimum absolute atomic E-state index is 0.434. The Kier molecular flexibility index (Phi) is 4.94. The fourth-order valence-corrected chi connectivity index (χ4v) is 4.06. The number of likely N-dealkylation sites (tertiary alicyclic amines) is 1. The molecule has 1 unspecified atom stereocenters. The maximum atomic E-state index is 6.18. The van der Waals surface area contributed by atoms with Crippen molar-refractivity contribution in [2.24, 2.45) is 22.5 Å². The number of rotatable bonds is 3. The minimum Gasteiger partial charge on any atom is -0.330 e. The molecule has 1 aliphatic heterocycles. The van der Waals surface area contributed by atoms with E-state index in [-0.39, 0.29) is 0 Å². The molecule has 0 bridgehead atoms. The van der Waals surface area contributed by atoms with E-state index in [0.717, 1.165) is 12.5 Å². The first-order valence-corrected chi connectivity index (χ1v) is 8.38. The van der Waals surface area contributed by atoms with Crippen molar-refractivity contribution in [2.75, 3.05) is 26.2 Å². The first-order valence-electron chi connectivity index (χ1n) is 8.38. The summed E-state index contributed by atoms with van der Waals surface area (Å²) in [6, 6.07) is 0. The molecular formula is C17H34N2. The summed E-state index contributed by atoms with van der Waals surface area (Å²) >= 11 is 0. The van der Waals surface area contributed by atoms with Gasteiger partial charge in [0.2, 0.25) is 0 Å². The molecule has 2 heteroatoms. The molecule has 112 valence electrons. The lowest BCUT2D eigenvalue weighted by atomic mass is 9.79. The Morgan fingerprint density at radius 2 is 1.74 bits per heavy atom. The highest BCUT2D eigenvalue weighted by molar-refractivity contribution is 4.90. The quantitative estimate of drug-likeness (QED) is 0.790. The van der Waals surface area contributed by atoms with E-state index in [1.807, 2.05) is 0 Å².